The highest BCUT2D eigenvalue weighted by molar-refractivity contribution is 6.34. The number of likely N-dealkylation sites (tertiary alicyclic amines) is 1. The summed E-state index contributed by atoms with van der Waals surface area (Å²) in [4.78, 5) is 6.88. The van der Waals surface area contributed by atoms with Gasteiger partial charge in [-0.1, -0.05) is 23.2 Å². The van der Waals surface area contributed by atoms with Crippen molar-refractivity contribution in [3.05, 3.63) is 33.8 Å². The average Bonchev–Trinajstić information content (AvgIpc) is 2.60. The van der Waals surface area contributed by atoms with Crippen molar-refractivity contribution in [2.75, 3.05) is 39.8 Å². The quantitative estimate of drug-likeness (QED) is 0.485. The van der Waals surface area contributed by atoms with E-state index >= 15 is 0 Å². The molecular weight excluding hydrogens is 371 g/mol. The number of nitrogens with one attached hydrogen (secondary N) is 2. The first-order valence-electron chi connectivity index (χ1n) is 9.32. The van der Waals surface area contributed by atoms with Gasteiger partial charge in [0.15, 0.2) is 5.96 Å². The number of aliphatic imine (C=N–C) groups is 1. The van der Waals surface area contributed by atoms with Crippen molar-refractivity contribution < 1.29 is 5.11 Å². The summed E-state index contributed by atoms with van der Waals surface area (Å²) in [5.41, 5.74) is 0.674. The molecule has 146 valence electrons. The first kappa shape index (κ1) is 21.3. The number of nitrogens with zero attached hydrogens (tertiary/aromatic N) is 2. The number of hydrogen-bond acceptors (Lipinski definition) is 3. The second-order valence-corrected chi connectivity index (χ2v) is 7.77. The molecule has 0 aromatic heterocycles. The highest BCUT2D eigenvalue weighted by atomic mass is 35.5. The number of aliphatic hydroxyl groups excluding tert-OH is 1. The molecule has 1 atom stereocenters. The zero-order chi connectivity index (χ0) is 18.9. The summed E-state index contributed by atoms with van der Waals surface area (Å²) in [6.07, 6.45) is 2.93. The lowest BCUT2D eigenvalue weighted by Crippen LogP contribution is -2.39. The largest absolute Gasteiger partial charge is 0.386 e. The van der Waals surface area contributed by atoms with Crippen LogP contribution in [0.3, 0.4) is 0 Å². The predicted molar refractivity (Wildman–Crippen MR) is 110 cm³/mol. The van der Waals surface area contributed by atoms with Gasteiger partial charge in [0.05, 0.1) is 12.6 Å². The van der Waals surface area contributed by atoms with Crippen molar-refractivity contribution in [2.45, 2.75) is 32.3 Å². The van der Waals surface area contributed by atoms with Crippen molar-refractivity contribution in [2.24, 2.45) is 10.9 Å². The molecule has 1 saturated heterocycles. The van der Waals surface area contributed by atoms with E-state index in [2.05, 4.69) is 27.6 Å². The van der Waals surface area contributed by atoms with Gasteiger partial charge in [-0.3, -0.25) is 4.99 Å². The summed E-state index contributed by atoms with van der Waals surface area (Å²) in [5, 5.41) is 18.0. The van der Waals surface area contributed by atoms with E-state index in [-0.39, 0.29) is 6.54 Å². The van der Waals surface area contributed by atoms with Crippen molar-refractivity contribution in [1.82, 2.24) is 15.5 Å². The fourth-order valence-electron chi connectivity index (χ4n) is 3.14. The molecule has 0 aliphatic carbocycles. The number of halogens is 2. The van der Waals surface area contributed by atoms with Gasteiger partial charge in [0.2, 0.25) is 0 Å². The minimum absolute atomic E-state index is 0.250. The summed E-state index contributed by atoms with van der Waals surface area (Å²) in [7, 11) is 2.18. The van der Waals surface area contributed by atoms with Crippen molar-refractivity contribution in [1.29, 1.82) is 0 Å². The Balaban J connectivity index is 1.83. The molecule has 0 amide bonds. The number of aliphatic hydroxyl groups is 1. The van der Waals surface area contributed by atoms with Crippen LogP contribution in [0.1, 0.15) is 37.9 Å². The minimum atomic E-state index is -0.740. The summed E-state index contributed by atoms with van der Waals surface area (Å²) in [6, 6.07) is 5.08. The SMILES string of the molecule is CCNC(=NCC(O)c1cc(Cl)cc(Cl)c1)NCCC1CCN(C)CC1. The van der Waals surface area contributed by atoms with Crippen LogP contribution in [0, 0.1) is 5.92 Å². The van der Waals surface area contributed by atoms with E-state index in [1.165, 1.54) is 25.9 Å². The van der Waals surface area contributed by atoms with Gasteiger partial charge < -0.3 is 20.6 Å². The third-order valence-electron chi connectivity index (χ3n) is 4.72. The lowest BCUT2D eigenvalue weighted by molar-refractivity contribution is 0.187. The van der Waals surface area contributed by atoms with Crippen LogP contribution < -0.4 is 10.6 Å². The maximum Gasteiger partial charge on any atom is 0.191 e. The van der Waals surface area contributed by atoms with Gasteiger partial charge in [-0.05, 0) is 76.0 Å². The molecular formula is C19H30Cl2N4O. The molecule has 1 heterocycles. The Kier molecular flexibility index (Phi) is 8.99. The van der Waals surface area contributed by atoms with Crippen LogP contribution in [0.15, 0.2) is 23.2 Å². The van der Waals surface area contributed by atoms with Gasteiger partial charge >= 0.3 is 0 Å². The fraction of sp³-hybridized carbons (Fsp3) is 0.632. The molecule has 1 aliphatic rings. The first-order chi connectivity index (χ1) is 12.5. The van der Waals surface area contributed by atoms with Gasteiger partial charge in [0.1, 0.15) is 0 Å². The molecule has 1 unspecified atom stereocenters. The van der Waals surface area contributed by atoms with Gasteiger partial charge in [-0.25, -0.2) is 0 Å². The third kappa shape index (κ3) is 7.31. The molecule has 0 spiro atoms. The van der Waals surface area contributed by atoms with E-state index < -0.39 is 6.10 Å². The Labute approximate surface area is 166 Å². The number of benzene rings is 1. The second kappa shape index (κ2) is 11.0. The Hall–Kier alpha value is -1.01. The molecule has 1 aromatic carbocycles. The van der Waals surface area contributed by atoms with Crippen LogP contribution in [0.4, 0.5) is 0 Å². The lowest BCUT2D eigenvalue weighted by Gasteiger charge is -2.29. The monoisotopic (exact) mass is 400 g/mol. The number of hydrogen-bond donors (Lipinski definition) is 3. The van der Waals surface area contributed by atoms with E-state index in [9.17, 15) is 5.11 Å². The predicted octanol–water partition coefficient (Wildman–Crippen LogP) is 3.31. The normalized spacial score (nSPS) is 18.0. The zero-order valence-corrected chi connectivity index (χ0v) is 17.2. The van der Waals surface area contributed by atoms with E-state index in [4.69, 9.17) is 23.2 Å². The van der Waals surface area contributed by atoms with Crippen molar-refractivity contribution >= 4 is 29.2 Å². The Bertz CT molecular complexity index is 569. The highest BCUT2D eigenvalue weighted by Gasteiger charge is 2.16. The Morgan fingerprint density at radius 2 is 1.88 bits per heavy atom. The molecule has 3 N–H and O–H groups in total. The third-order valence-corrected chi connectivity index (χ3v) is 5.16. The maximum absolute atomic E-state index is 10.4. The average molecular weight is 401 g/mol. The number of piperidine rings is 1. The molecule has 0 saturated carbocycles. The summed E-state index contributed by atoms with van der Waals surface area (Å²) >= 11 is 12.0. The van der Waals surface area contributed by atoms with Crippen LogP contribution in [0.2, 0.25) is 10.0 Å². The molecule has 2 rings (SSSR count). The van der Waals surface area contributed by atoms with E-state index in [0.717, 1.165) is 31.4 Å². The molecule has 5 nitrogen and oxygen atoms in total. The smallest absolute Gasteiger partial charge is 0.191 e. The summed E-state index contributed by atoms with van der Waals surface area (Å²) in [6.45, 7) is 6.32. The van der Waals surface area contributed by atoms with E-state index in [0.29, 0.717) is 15.6 Å². The Morgan fingerprint density at radius 1 is 1.23 bits per heavy atom. The summed E-state index contributed by atoms with van der Waals surface area (Å²) < 4.78 is 0. The molecule has 26 heavy (non-hydrogen) atoms. The molecule has 1 fully saturated rings. The number of rotatable bonds is 7. The highest BCUT2D eigenvalue weighted by Crippen LogP contribution is 2.23. The van der Waals surface area contributed by atoms with Gasteiger partial charge in [0.25, 0.3) is 0 Å². The van der Waals surface area contributed by atoms with Crippen LogP contribution in [0.5, 0.6) is 0 Å². The van der Waals surface area contributed by atoms with Crippen molar-refractivity contribution in [3.63, 3.8) is 0 Å². The van der Waals surface area contributed by atoms with Gasteiger partial charge in [0, 0.05) is 23.1 Å². The van der Waals surface area contributed by atoms with Crippen molar-refractivity contribution in [3.8, 4) is 0 Å². The van der Waals surface area contributed by atoms with Gasteiger partial charge in [-0.2, -0.15) is 0 Å². The molecule has 0 radical (unpaired) electrons. The zero-order valence-electron chi connectivity index (χ0n) is 15.6. The summed E-state index contributed by atoms with van der Waals surface area (Å²) in [5.74, 6) is 1.51. The van der Waals surface area contributed by atoms with Crippen LogP contribution in [0.25, 0.3) is 0 Å². The standard InChI is InChI=1S/C19H30Cl2N4O/c1-3-22-19(23-7-4-14-5-8-25(2)9-6-14)24-13-18(26)15-10-16(20)12-17(21)11-15/h10-12,14,18,26H,3-9,13H2,1-2H3,(H2,22,23,24). The Morgan fingerprint density at radius 3 is 2.50 bits per heavy atom. The molecule has 7 heteroatoms. The van der Waals surface area contributed by atoms with Crippen LogP contribution >= 0.6 is 23.2 Å². The van der Waals surface area contributed by atoms with E-state index in [1.54, 1.807) is 18.2 Å². The van der Waals surface area contributed by atoms with Crippen LogP contribution in [-0.2, 0) is 0 Å². The molecule has 1 aliphatic heterocycles. The van der Waals surface area contributed by atoms with E-state index in [1.807, 2.05) is 6.92 Å². The second-order valence-electron chi connectivity index (χ2n) is 6.90. The minimum Gasteiger partial charge on any atom is -0.386 e. The fourth-order valence-corrected chi connectivity index (χ4v) is 3.68. The first-order valence-corrected chi connectivity index (χ1v) is 10.1. The number of guanidine groups is 1. The van der Waals surface area contributed by atoms with Gasteiger partial charge in [-0.15, -0.1) is 0 Å². The lowest BCUT2D eigenvalue weighted by atomic mass is 9.94. The molecule has 1 aromatic rings. The van der Waals surface area contributed by atoms with Crippen LogP contribution in [-0.4, -0.2) is 55.7 Å². The maximum atomic E-state index is 10.4. The topological polar surface area (TPSA) is 59.9 Å². The molecule has 0 bridgehead atoms.